The molecule has 2 N–H and O–H groups in total. The maximum Gasteiger partial charge on any atom is 0.245 e. The number of likely N-dealkylation sites (tertiary alicyclic amines) is 1. The van der Waals surface area contributed by atoms with E-state index in [0.717, 1.165) is 40.8 Å². The zero-order valence-electron chi connectivity index (χ0n) is 19.8. The van der Waals surface area contributed by atoms with Crippen LogP contribution in [-0.2, 0) is 11.2 Å². The molecule has 0 bridgehead atoms. The molecule has 4 aromatic rings. The molecule has 1 fully saturated rings. The molecule has 0 unspecified atom stereocenters. The van der Waals surface area contributed by atoms with E-state index >= 15 is 0 Å². The number of carbonyl (C=O) groups excluding carboxylic acids is 1. The van der Waals surface area contributed by atoms with Crippen molar-refractivity contribution in [1.82, 2.24) is 24.8 Å². The number of H-pyrrole nitrogens is 1. The summed E-state index contributed by atoms with van der Waals surface area (Å²) in [6.45, 7) is 5.49. The zero-order chi connectivity index (χ0) is 24.9. The van der Waals surface area contributed by atoms with Gasteiger partial charge in [-0.15, -0.1) is 0 Å². The van der Waals surface area contributed by atoms with Crippen LogP contribution in [0.15, 0.2) is 67.8 Å². The van der Waals surface area contributed by atoms with E-state index in [1.807, 2.05) is 47.5 Å². The molecule has 36 heavy (non-hydrogen) atoms. The molecule has 1 aromatic carbocycles. The van der Waals surface area contributed by atoms with Crippen molar-refractivity contribution in [3.63, 3.8) is 0 Å². The Morgan fingerprint density at radius 3 is 2.83 bits per heavy atom. The van der Waals surface area contributed by atoms with Crippen molar-refractivity contribution in [3.05, 3.63) is 84.1 Å². The molecule has 0 spiro atoms. The lowest BCUT2D eigenvalue weighted by Crippen LogP contribution is -2.36. The molecule has 9 heteroatoms. The summed E-state index contributed by atoms with van der Waals surface area (Å²) in [5, 5.41) is 4.87. The van der Waals surface area contributed by atoms with Crippen LogP contribution >= 0.6 is 11.6 Å². The molecule has 0 saturated carbocycles. The smallest absolute Gasteiger partial charge is 0.245 e. The van der Waals surface area contributed by atoms with E-state index in [9.17, 15) is 4.79 Å². The van der Waals surface area contributed by atoms with Crippen molar-refractivity contribution in [3.8, 4) is 5.75 Å². The highest BCUT2D eigenvalue weighted by Gasteiger charge is 2.26. The molecule has 184 valence electrons. The van der Waals surface area contributed by atoms with Gasteiger partial charge in [0.05, 0.1) is 17.0 Å². The van der Waals surface area contributed by atoms with E-state index in [1.54, 1.807) is 6.20 Å². The predicted molar refractivity (Wildman–Crippen MR) is 141 cm³/mol. The standard InChI is InChI=1S/C27H27ClN6O2/c1-2-24(35)34-12-8-18(9-13-34)21-16-30-26-25(21)27(32-17-31-26)33-20-6-7-23(22(28)15-20)36-14-10-19-5-3-4-11-29-19/h2-7,11,15-18H,1,8-10,12-14H2,(H2,30,31,32,33). The van der Waals surface area contributed by atoms with Crippen molar-refractivity contribution >= 4 is 40.0 Å². The lowest BCUT2D eigenvalue weighted by atomic mass is 9.89. The lowest BCUT2D eigenvalue weighted by molar-refractivity contribution is -0.127. The summed E-state index contributed by atoms with van der Waals surface area (Å²) in [6.07, 6.45) is 9.14. The number of hydrogen-bond donors (Lipinski definition) is 2. The largest absolute Gasteiger partial charge is 0.492 e. The number of aromatic nitrogens is 4. The van der Waals surface area contributed by atoms with Crippen LogP contribution in [0, 0.1) is 0 Å². The molecular formula is C27H27ClN6O2. The Morgan fingerprint density at radius 2 is 2.08 bits per heavy atom. The number of ether oxygens (including phenoxy) is 1. The molecule has 4 heterocycles. The average Bonchev–Trinajstić information content (AvgIpc) is 3.35. The topological polar surface area (TPSA) is 96.0 Å². The van der Waals surface area contributed by atoms with Crippen LogP contribution in [0.4, 0.5) is 11.5 Å². The highest BCUT2D eigenvalue weighted by molar-refractivity contribution is 6.32. The number of halogens is 1. The number of pyridine rings is 1. The number of piperidine rings is 1. The van der Waals surface area contributed by atoms with Crippen molar-refractivity contribution in [2.24, 2.45) is 0 Å². The van der Waals surface area contributed by atoms with Gasteiger partial charge in [-0.3, -0.25) is 9.78 Å². The minimum Gasteiger partial charge on any atom is -0.492 e. The van der Waals surface area contributed by atoms with Crippen LogP contribution in [-0.4, -0.2) is 50.4 Å². The van der Waals surface area contributed by atoms with Crippen LogP contribution in [0.3, 0.4) is 0 Å². The summed E-state index contributed by atoms with van der Waals surface area (Å²) in [7, 11) is 0. The second-order valence-electron chi connectivity index (χ2n) is 8.68. The molecule has 1 saturated heterocycles. The number of benzene rings is 1. The Balaban J connectivity index is 1.29. The normalized spacial score (nSPS) is 14.1. The van der Waals surface area contributed by atoms with Gasteiger partial charge >= 0.3 is 0 Å². The summed E-state index contributed by atoms with van der Waals surface area (Å²) < 4.78 is 5.87. The zero-order valence-corrected chi connectivity index (χ0v) is 20.5. The Kier molecular flexibility index (Phi) is 7.13. The summed E-state index contributed by atoms with van der Waals surface area (Å²) in [6, 6.07) is 11.4. The van der Waals surface area contributed by atoms with E-state index in [0.29, 0.717) is 48.6 Å². The first-order valence-electron chi connectivity index (χ1n) is 11.9. The number of anilines is 2. The second-order valence-corrected chi connectivity index (χ2v) is 9.09. The number of hydrogen-bond acceptors (Lipinski definition) is 6. The summed E-state index contributed by atoms with van der Waals surface area (Å²) in [4.78, 5) is 30.3. The minimum atomic E-state index is -0.0147. The first-order chi connectivity index (χ1) is 17.6. The Bertz CT molecular complexity index is 1370. The van der Waals surface area contributed by atoms with Crippen LogP contribution in [0.5, 0.6) is 5.75 Å². The van der Waals surface area contributed by atoms with E-state index in [1.165, 1.54) is 12.4 Å². The number of rotatable bonds is 8. The molecule has 0 aliphatic carbocycles. The number of nitrogens with zero attached hydrogens (tertiary/aromatic N) is 4. The Labute approximate surface area is 214 Å². The molecular weight excluding hydrogens is 476 g/mol. The SMILES string of the molecule is C=CC(=O)N1CCC(c2c[nH]c3ncnc(Nc4ccc(OCCc5ccccn5)c(Cl)c4)c23)CC1. The summed E-state index contributed by atoms with van der Waals surface area (Å²) in [5.41, 5.74) is 3.70. The van der Waals surface area contributed by atoms with Gasteiger partial charge in [-0.2, -0.15) is 0 Å². The highest BCUT2D eigenvalue weighted by Crippen LogP contribution is 2.37. The Morgan fingerprint density at radius 1 is 1.22 bits per heavy atom. The van der Waals surface area contributed by atoms with Crippen LogP contribution in [0.25, 0.3) is 11.0 Å². The van der Waals surface area contributed by atoms with Crippen LogP contribution < -0.4 is 10.1 Å². The number of amides is 1. The number of fused-ring (bicyclic) bond motifs is 1. The maximum absolute atomic E-state index is 12.0. The molecule has 5 rings (SSSR count). The van der Waals surface area contributed by atoms with E-state index in [-0.39, 0.29) is 5.91 Å². The monoisotopic (exact) mass is 502 g/mol. The second kappa shape index (κ2) is 10.8. The van der Waals surface area contributed by atoms with Crippen molar-refractivity contribution < 1.29 is 9.53 Å². The third-order valence-corrected chi connectivity index (χ3v) is 6.75. The van der Waals surface area contributed by atoms with Gasteiger partial charge in [-0.25, -0.2) is 9.97 Å². The van der Waals surface area contributed by atoms with E-state index < -0.39 is 0 Å². The third kappa shape index (κ3) is 5.18. The van der Waals surface area contributed by atoms with E-state index in [2.05, 4.69) is 31.8 Å². The van der Waals surface area contributed by atoms with Gasteiger partial charge < -0.3 is 19.9 Å². The van der Waals surface area contributed by atoms with Gasteiger partial charge in [0.15, 0.2) is 0 Å². The van der Waals surface area contributed by atoms with Gasteiger partial charge in [-0.05, 0) is 60.7 Å². The van der Waals surface area contributed by atoms with Crippen LogP contribution in [0.1, 0.15) is 30.0 Å². The third-order valence-electron chi connectivity index (χ3n) is 6.46. The summed E-state index contributed by atoms with van der Waals surface area (Å²) >= 11 is 6.52. The van der Waals surface area contributed by atoms with Gasteiger partial charge in [0.2, 0.25) is 5.91 Å². The van der Waals surface area contributed by atoms with Crippen molar-refractivity contribution in [1.29, 1.82) is 0 Å². The van der Waals surface area contributed by atoms with Crippen molar-refractivity contribution in [2.45, 2.75) is 25.2 Å². The van der Waals surface area contributed by atoms with Gasteiger partial charge in [0, 0.05) is 43.3 Å². The Hall–Kier alpha value is -3.91. The minimum absolute atomic E-state index is 0.0147. The molecule has 1 aliphatic heterocycles. The van der Waals surface area contributed by atoms with Gasteiger partial charge in [0.1, 0.15) is 23.5 Å². The fraction of sp³-hybridized carbons (Fsp3) is 0.259. The molecule has 3 aromatic heterocycles. The molecule has 1 aliphatic rings. The lowest BCUT2D eigenvalue weighted by Gasteiger charge is -2.31. The fourth-order valence-corrected chi connectivity index (χ4v) is 4.82. The predicted octanol–water partition coefficient (Wildman–Crippen LogP) is 5.26. The number of nitrogens with one attached hydrogen (secondary N) is 2. The maximum atomic E-state index is 12.0. The van der Waals surface area contributed by atoms with E-state index in [4.69, 9.17) is 16.3 Å². The van der Waals surface area contributed by atoms with Crippen LogP contribution in [0.2, 0.25) is 5.02 Å². The first kappa shape index (κ1) is 23.8. The number of carbonyl (C=O) groups is 1. The fourth-order valence-electron chi connectivity index (χ4n) is 4.59. The first-order valence-corrected chi connectivity index (χ1v) is 12.3. The van der Waals surface area contributed by atoms with Crippen molar-refractivity contribution in [2.75, 3.05) is 25.0 Å². The highest BCUT2D eigenvalue weighted by atomic mass is 35.5. The van der Waals surface area contributed by atoms with Gasteiger partial charge in [0.25, 0.3) is 0 Å². The molecule has 0 radical (unpaired) electrons. The molecule has 1 amide bonds. The molecule has 8 nitrogen and oxygen atoms in total. The van der Waals surface area contributed by atoms with Gasteiger partial charge in [-0.1, -0.05) is 24.2 Å². The molecule has 0 atom stereocenters. The average molecular weight is 503 g/mol. The quantitative estimate of drug-likeness (QED) is 0.319. The number of aromatic amines is 1. The summed E-state index contributed by atoms with van der Waals surface area (Å²) in [5.74, 6) is 1.62.